The van der Waals surface area contributed by atoms with Gasteiger partial charge in [-0.05, 0) is 69.0 Å². The molecule has 4 heteroatoms. The van der Waals surface area contributed by atoms with Gasteiger partial charge in [-0.1, -0.05) is 6.07 Å². The zero-order valence-electron chi connectivity index (χ0n) is 16.4. The Morgan fingerprint density at radius 3 is 2.56 bits per heavy atom. The number of anilines is 1. The van der Waals surface area contributed by atoms with Gasteiger partial charge in [-0.3, -0.25) is 4.99 Å². The van der Waals surface area contributed by atoms with Crippen molar-refractivity contribution in [3.8, 4) is 11.5 Å². The van der Waals surface area contributed by atoms with Crippen LogP contribution >= 0.6 is 0 Å². The molecular formula is C23H25N3O. The van der Waals surface area contributed by atoms with Crippen molar-refractivity contribution in [1.82, 2.24) is 4.98 Å². The summed E-state index contributed by atoms with van der Waals surface area (Å²) in [5.74, 6) is 0.787. The third-order valence-electron chi connectivity index (χ3n) is 5.10. The molecule has 27 heavy (non-hydrogen) atoms. The van der Waals surface area contributed by atoms with Crippen molar-refractivity contribution in [3.05, 3.63) is 53.4 Å². The Morgan fingerprint density at radius 2 is 1.81 bits per heavy atom. The highest BCUT2D eigenvalue weighted by atomic mass is 16.3. The number of aromatic nitrogens is 1. The molecule has 0 radical (unpaired) electrons. The predicted molar refractivity (Wildman–Crippen MR) is 113 cm³/mol. The first-order valence-electron chi connectivity index (χ1n) is 9.68. The van der Waals surface area contributed by atoms with Crippen molar-refractivity contribution in [2.24, 2.45) is 4.99 Å². The van der Waals surface area contributed by atoms with Crippen LogP contribution in [-0.4, -0.2) is 24.6 Å². The van der Waals surface area contributed by atoms with Gasteiger partial charge in [0.15, 0.2) is 11.3 Å². The topological polar surface area (TPSA) is 41.6 Å². The maximum atomic E-state index is 6.34. The first kappa shape index (κ1) is 17.5. The van der Waals surface area contributed by atoms with Crippen LogP contribution in [0.4, 0.5) is 5.69 Å². The summed E-state index contributed by atoms with van der Waals surface area (Å²) in [6.07, 6.45) is 0. The van der Waals surface area contributed by atoms with Gasteiger partial charge in [-0.25, -0.2) is 4.98 Å². The molecule has 0 atom stereocenters. The van der Waals surface area contributed by atoms with Gasteiger partial charge in [0.25, 0.3) is 0 Å². The largest absolute Gasteiger partial charge is 0.452 e. The van der Waals surface area contributed by atoms with Crippen molar-refractivity contribution in [2.75, 3.05) is 24.5 Å². The zero-order chi connectivity index (χ0) is 19.0. The summed E-state index contributed by atoms with van der Waals surface area (Å²) in [4.78, 5) is 11.7. The van der Waals surface area contributed by atoms with E-state index < -0.39 is 0 Å². The van der Waals surface area contributed by atoms with E-state index in [9.17, 15) is 0 Å². The molecule has 2 aromatic carbocycles. The molecule has 0 saturated heterocycles. The van der Waals surface area contributed by atoms with E-state index in [-0.39, 0.29) is 0 Å². The summed E-state index contributed by atoms with van der Waals surface area (Å²) in [6.45, 7) is 11.2. The number of hydrogen-bond donors (Lipinski definition) is 0. The summed E-state index contributed by atoms with van der Waals surface area (Å²) in [6, 6.07) is 14.8. The Kier molecular flexibility index (Phi) is 4.56. The Hall–Kier alpha value is -2.88. The fourth-order valence-electron chi connectivity index (χ4n) is 3.71. The molecule has 1 heterocycles. The summed E-state index contributed by atoms with van der Waals surface area (Å²) >= 11 is 0. The second-order valence-electron chi connectivity index (χ2n) is 6.79. The number of rotatable bonds is 4. The van der Waals surface area contributed by atoms with Crippen LogP contribution in [-0.2, 0) is 0 Å². The molecule has 0 fully saturated rings. The monoisotopic (exact) mass is 359 g/mol. The molecule has 1 aliphatic carbocycles. The van der Waals surface area contributed by atoms with Crippen LogP contribution in [0, 0.1) is 6.92 Å². The molecule has 4 nitrogen and oxygen atoms in total. The molecule has 2 aliphatic rings. The average Bonchev–Trinajstić information content (AvgIpc) is 2.68. The quantitative estimate of drug-likeness (QED) is 0.373. The highest BCUT2D eigenvalue weighted by Gasteiger charge is 2.14. The van der Waals surface area contributed by atoms with E-state index in [4.69, 9.17) is 9.40 Å². The summed E-state index contributed by atoms with van der Waals surface area (Å²) < 4.78 is 6.34. The van der Waals surface area contributed by atoms with Gasteiger partial charge in [0.2, 0.25) is 0 Å². The summed E-state index contributed by atoms with van der Waals surface area (Å²) in [5, 5.41) is 3.20. The second kappa shape index (κ2) is 7.03. The molecule has 0 spiro atoms. The molecule has 4 rings (SSSR count). The van der Waals surface area contributed by atoms with Gasteiger partial charge >= 0.3 is 0 Å². The Balaban J connectivity index is 1.99. The maximum Gasteiger partial charge on any atom is 0.160 e. The van der Waals surface area contributed by atoms with E-state index in [0.29, 0.717) is 0 Å². The SMILES string of the molecule is CC/N=c1/cc2oc3c(ccc4cc(N(CC)CC)ccc43)nc-2c(C)c1. The summed E-state index contributed by atoms with van der Waals surface area (Å²) in [5.41, 5.74) is 4.94. The number of benzene rings is 3. The second-order valence-corrected chi connectivity index (χ2v) is 6.79. The van der Waals surface area contributed by atoms with Crippen LogP contribution in [0.1, 0.15) is 26.3 Å². The predicted octanol–water partition coefficient (Wildman–Crippen LogP) is 5.16. The molecule has 2 aromatic rings. The lowest BCUT2D eigenvalue weighted by atomic mass is 10.1. The van der Waals surface area contributed by atoms with Crippen molar-refractivity contribution >= 4 is 27.6 Å². The van der Waals surface area contributed by atoms with Gasteiger partial charge in [0.05, 0.1) is 5.36 Å². The molecular weight excluding hydrogens is 334 g/mol. The Bertz CT molecular complexity index is 1160. The van der Waals surface area contributed by atoms with E-state index in [1.165, 1.54) is 11.1 Å². The lowest BCUT2D eigenvalue weighted by Crippen LogP contribution is -2.21. The van der Waals surface area contributed by atoms with E-state index in [1.807, 2.05) is 13.0 Å². The van der Waals surface area contributed by atoms with Crippen LogP contribution in [0.25, 0.3) is 33.3 Å². The molecule has 0 unspecified atom stereocenters. The van der Waals surface area contributed by atoms with Crippen LogP contribution in [0.5, 0.6) is 0 Å². The smallest absolute Gasteiger partial charge is 0.160 e. The lowest BCUT2D eigenvalue weighted by molar-refractivity contribution is 0.614. The van der Waals surface area contributed by atoms with Gasteiger partial charge in [0, 0.05) is 36.8 Å². The van der Waals surface area contributed by atoms with E-state index in [1.54, 1.807) is 0 Å². The molecule has 138 valence electrons. The minimum absolute atomic E-state index is 0.753. The van der Waals surface area contributed by atoms with Crippen molar-refractivity contribution in [1.29, 1.82) is 0 Å². The first-order chi connectivity index (χ1) is 13.1. The third-order valence-corrected chi connectivity index (χ3v) is 5.10. The van der Waals surface area contributed by atoms with E-state index in [0.717, 1.165) is 58.5 Å². The highest BCUT2D eigenvalue weighted by molar-refractivity contribution is 6.04. The molecule has 0 aromatic heterocycles. The van der Waals surface area contributed by atoms with Gasteiger partial charge < -0.3 is 9.32 Å². The Labute approximate surface area is 159 Å². The number of hydrogen-bond acceptors (Lipinski definition) is 4. The number of fused-ring (bicyclic) bond motifs is 4. The van der Waals surface area contributed by atoms with Crippen molar-refractivity contribution in [3.63, 3.8) is 0 Å². The molecule has 0 saturated carbocycles. The molecule has 0 amide bonds. The molecule has 1 aliphatic heterocycles. The zero-order valence-corrected chi connectivity index (χ0v) is 16.4. The van der Waals surface area contributed by atoms with Crippen LogP contribution in [0.2, 0.25) is 0 Å². The third kappa shape index (κ3) is 3.05. The Morgan fingerprint density at radius 1 is 1.00 bits per heavy atom. The first-order valence-corrected chi connectivity index (χ1v) is 9.68. The number of nitrogens with zero attached hydrogens (tertiary/aromatic N) is 3. The van der Waals surface area contributed by atoms with Crippen molar-refractivity contribution in [2.45, 2.75) is 27.7 Å². The minimum Gasteiger partial charge on any atom is -0.452 e. The van der Waals surface area contributed by atoms with E-state index in [2.05, 4.69) is 67.1 Å². The molecule has 0 N–H and O–H groups in total. The van der Waals surface area contributed by atoms with Crippen LogP contribution in [0.3, 0.4) is 0 Å². The lowest BCUT2D eigenvalue weighted by Gasteiger charge is -2.21. The van der Waals surface area contributed by atoms with Crippen molar-refractivity contribution < 1.29 is 4.42 Å². The summed E-state index contributed by atoms with van der Waals surface area (Å²) in [7, 11) is 0. The highest BCUT2D eigenvalue weighted by Crippen LogP contribution is 2.32. The van der Waals surface area contributed by atoms with Gasteiger partial charge in [-0.15, -0.1) is 0 Å². The van der Waals surface area contributed by atoms with Crippen LogP contribution < -0.4 is 10.3 Å². The maximum absolute atomic E-state index is 6.34. The average molecular weight is 359 g/mol. The fraction of sp³-hybridized carbons (Fsp3) is 0.304. The van der Waals surface area contributed by atoms with E-state index >= 15 is 0 Å². The standard InChI is InChI=1S/C23H25N3O/c1-5-24-17-12-15(4)22-21(14-17)27-23-19-10-9-18(26(6-2)7-3)13-16(19)8-11-20(23)25-22/h8-14H,5-7H2,1-4H3/b24-17+. The minimum atomic E-state index is 0.753. The normalized spacial score (nSPS) is 12.4. The van der Waals surface area contributed by atoms with Gasteiger partial charge in [0.1, 0.15) is 11.2 Å². The number of aryl methyl sites for hydroxylation is 1. The fourth-order valence-corrected chi connectivity index (χ4v) is 3.71. The molecule has 0 bridgehead atoms. The van der Waals surface area contributed by atoms with Crippen LogP contribution in [0.15, 0.2) is 51.9 Å². The van der Waals surface area contributed by atoms with Gasteiger partial charge in [-0.2, -0.15) is 0 Å².